The van der Waals surface area contributed by atoms with E-state index >= 15 is 0 Å². The average molecular weight is 1440 g/mol. The van der Waals surface area contributed by atoms with Crippen molar-refractivity contribution in [3.05, 3.63) is 134 Å². The number of esters is 4. The molecule has 0 aromatic rings. The van der Waals surface area contributed by atoms with Gasteiger partial charge in [-0.05, 0) is 161 Å². The highest BCUT2D eigenvalue weighted by molar-refractivity contribution is 7.47. The highest BCUT2D eigenvalue weighted by Crippen LogP contribution is 2.45. The summed E-state index contributed by atoms with van der Waals surface area (Å²) in [6, 6.07) is 0. The number of unbranched alkanes of at least 4 members (excludes halogenated alkanes) is 23. The van der Waals surface area contributed by atoms with Crippen LogP contribution in [0, 0.1) is 0 Å². The minimum absolute atomic E-state index is 0.0623. The van der Waals surface area contributed by atoms with E-state index in [1.807, 2.05) is 0 Å². The molecule has 572 valence electrons. The lowest BCUT2D eigenvalue weighted by molar-refractivity contribution is -0.161. The van der Waals surface area contributed by atoms with E-state index in [1.165, 1.54) is 38.5 Å². The molecule has 0 spiro atoms. The van der Waals surface area contributed by atoms with Gasteiger partial charge in [-0.2, -0.15) is 0 Å². The molecule has 5 atom stereocenters. The topological polar surface area (TPSA) is 237 Å². The molecule has 0 rings (SSSR count). The van der Waals surface area contributed by atoms with Gasteiger partial charge in [0, 0.05) is 25.7 Å². The Hall–Kier alpha value is -4.80. The summed E-state index contributed by atoms with van der Waals surface area (Å²) in [5.74, 6) is -2.27. The zero-order chi connectivity index (χ0) is 73.2. The van der Waals surface area contributed by atoms with E-state index in [1.54, 1.807) is 0 Å². The van der Waals surface area contributed by atoms with E-state index in [4.69, 9.17) is 37.0 Å². The molecular weight excluding hydrogens is 1310 g/mol. The first-order chi connectivity index (χ1) is 48.7. The summed E-state index contributed by atoms with van der Waals surface area (Å²) in [6.45, 7) is 4.49. The molecule has 17 nitrogen and oxygen atoms in total. The van der Waals surface area contributed by atoms with Crippen LogP contribution in [-0.4, -0.2) is 96.7 Å². The fraction of sp³-hybridized carbons (Fsp3) is 0.679. The number of aliphatic hydroxyl groups is 1. The molecule has 0 aliphatic heterocycles. The predicted molar refractivity (Wildman–Crippen MR) is 408 cm³/mol. The number of hydrogen-bond acceptors (Lipinski definition) is 15. The monoisotopic (exact) mass is 1440 g/mol. The number of rotatable bonds is 71. The molecule has 0 aliphatic rings. The highest BCUT2D eigenvalue weighted by atomic mass is 31.2. The lowest BCUT2D eigenvalue weighted by Crippen LogP contribution is -2.30. The lowest BCUT2D eigenvalue weighted by atomic mass is 10.1. The van der Waals surface area contributed by atoms with Crippen LogP contribution >= 0.6 is 15.6 Å². The number of ether oxygens (including phenoxy) is 4. The maximum atomic E-state index is 13.1. The molecule has 3 N–H and O–H groups in total. The molecule has 0 heterocycles. The molecule has 0 bridgehead atoms. The molecule has 19 heteroatoms. The van der Waals surface area contributed by atoms with Gasteiger partial charge in [0.15, 0.2) is 12.2 Å². The van der Waals surface area contributed by atoms with E-state index in [-0.39, 0.29) is 25.7 Å². The molecule has 5 unspecified atom stereocenters. The van der Waals surface area contributed by atoms with Gasteiger partial charge in [0.1, 0.15) is 19.3 Å². The van der Waals surface area contributed by atoms with E-state index < -0.39 is 97.5 Å². The predicted octanol–water partition coefficient (Wildman–Crippen LogP) is 22.1. The first-order valence-electron chi connectivity index (χ1n) is 38.4. The Kier molecular flexibility index (Phi) is 69.1. The molecule has 0 radical (unpaired) electrons. The number of carbonyl (C=O) groups is 4. The smallest absolute Gasteiger partial charge is 0.462 e. The van der Waals surface area contributed by atoms with Crippen LogP contribution in [-0.2, 0) is 65.4 Å². The second kappa shape index (κ2) is 72.5. The SMILES string of the molecule is CC/C=C\C/C=C\C/C=C\C/C=C\CCCCC(=O)OCC(COP(=O)(O)OCC(O)COP(=O)(O)OCC(COC(=O)CCCCCCC/C=C\C/C=C\CCCCC)OC(=O)CCCCCCC/C=C\C/C=C\CCCCC)OC(=O)CCCCCCC/C=C\C/C=C\C/C=C\CC. The number of aliphatic hydroxyl groups excluding tert-OH is 1. The van der Waals surface area contributed by atoms with Gasteiger partial charge in [-0.15, -0.1) is 0 Å². The largest absolute Gasteiger partial charge is 0.472 e. The lowest BCUT2D eigenvalue weighted by Gasteiger charge is -2.21. The third-order valence-corrected chi connectivity index (χ3v) is 17.5. The quantitative estimate of drug-likeness (QED) is 0.0169. The van der Waals surface area contributed by atoms with E-state index in [0.717, 1.165) is 180 Å². The average Bonchev–Trinajstić information content (AvgIpc) is 1.01. The van der Waals surface area contributed by atoms with Crippen LogP contribution in [0.5, 0.6) is 0 Å². The maximum absolute atomic E-state index is 13.1. The summed E-state index contributed by atoms with van der Waals surface area (Å²) in [5.41, 5.74) is 0. The first-order valence-corrected chi connectivity index (χ1v) is 41.4. The van der Waals surface area contributed by atoms with Gasteiger partial charge in [-0.1, -0.05) is 245 Å². The Morgan fingerprint density at radius 1 is 0.290 bits per heavy atom. The van der Waals surface area contributed by atoms with Crippen LogP contribution in [0.3, 0.4) is 0 Å². The second-order valence-corrected chi connectivity index (χ2v) is 28.1. The van der Waals surface area contributed by atoms with Crippen molar-refractivity contribution in [2.24, 2.45) is 0 Å². The summed E-state index contributed by atoms with van der Waals surface area (Å²) in [7, 11) is -9.98. The molecular formula is C81H136O17P2. The van der Waals surface area contributed by atoms with Gasteiger partial charge in [-0.3, -0.25) is 37.3 Å². The van der Waals surface area contributed by atoms with Crippen molar-refractivity contribution in [3.63, 3.8) is 0 Å². The van der Waals surface area contributed by atoms with E-state index in [2.05, 4.69) is 161 Å². The molecule has 100 heavy (non-hydrogen) atoms. The van der Waals surface area contributed by atoms with E-state index in [9.17, 15) is 43.2 Å². The summed E-state index contributed by atoms with van der Waals surface area (Å²) < 4.78 is 68.4. The maximum Gasteiger partial charge on any atom is 0.472 e. The molecule has 0 fully saturated rings. The minimum Gasteiger partial charge on any atom is -0.462 e. The fourth-order valence-corrected chi connectivity index (χ4v) is 11.3. The van der Waals surface area contributed by atoms with Crippen molar-refractivity contribution in [3.8, 4) is 0 Å². The zero-order valence-electron chi connectivity index (χ0n) is 62.3. The Bertz CT molecular complexity index is 2420. The van der Waals surface area contributed by atoms with Crippen molar-refractivity contribution in [1.29, 1.82) is 0 Å². The van der Waals surface area contributed by atoms with Crippen LogP contribution in [0.15, 0.2) is 134 Å². The van der Waals surface area contributed by atoms with Gasteiger partial charge in [-0.25, -0.2) is 9.13 Å². The Morgan fingerprint density at radius 3 is 0.820 bits per heavy atom. The van der Waals surface area contributed by atoms with Gasteiger partial charge < -0.3 is 33.8 Å². The molecule has 0 saturated heterocycles. The normalized spacial score (nSPS) is 14.7. The van der Waals surface area contributed by atoms with Crippen LogP contribution in [0.1, 0.15) is 297 Å². The Balaban J connectivity index is 5.43. The van der Waals surface area contributed by atoms with Crippen LogP contribution in [0.2, 0.25) is 0 Å². The van der Waals surface area contributed by atoms with Gasteiger partial charge in [0.2, 0.25) is 0 Å². The number of allylic oxidation sites excluding steroid dienone is 22. The summed E-state index contributed by atoms with van der Waals surface area (Å²) in [6.07, 6.45) is 80.1. The summed E-state index contributed by atoms with van der Waals surface area (Å²) >= 11 is 0. The van der Waals surface area contributed by atoms with Crippen LogP contribution < -0.4 is 0 Å². The Labute approximate surface area is 605 Å². The van der Waals surface area contributed by atoms with Crippen molar-refractivity contribution in [2.45, 2.75) is 316 Å². The van der Waals surface area contributed by atoms with Crippen LogP contribution in [0.4, 0.5) is 0 Å². The van der Waals surface area contributed by atoms with Crippen molar-refractivity contribution in [1.82, 2.24) is 0 Å². The van der Waals surface area contributed by atoms with Gasteiger partial charge in [0.05, 0.1) is 26.4 Å². The molecule has 0 amide bonds. The zero-order valence-corrected chi connectivity index (χ0v) is 64.1. The minimum atomic E-state index is -4.99. The van der Waals surface area contributed by atoms with Crippen molar-refractivity contribution in [2.75, 3.05) is 39.6 Å². The standard InChI is InChI=1S/C81H136O17P2/c1-5-9-13-17-21-25-29-33-37-41-45-49-53-57-61-65-78(83)91-71-76(97-80(85)67-63-59-55-51-47-43-39-35-31-27-23-19-15-11-7-3)73-95-99(87,88)93-69-75(82)70-94-100(89,90)96-74-77(98-81(86)68-64-60-56-52-48-44-40-36-32-28-24-20-16-12-8-4)72-92-79(84)66-62-58-54-50-46-42-38-34-30-26-22-18-14-10-6-2/h9,11,13,15,21-28,33-40,45,49,75-77,82H,5-8,10,12,14,16-20,29-32,41-44,46-48,50-74H2,1-4H3,(H,87,88)(H,89,90)/b13-9-,15-11-,25-21-,26-22-,27-23-,28-24-,37-33-,38-34-,39-35-,40-36-,49-45-. The molecule has 0 aromatic heterocycles. The van der Waals surface area contributed by atoms with Gasteiger partial charge in [0.25, 0.3) is 0 Å². The first kappa shape index (κ1) is 95.2. The van der Waals surface area contributed by atoms with Crippen molar-refractivity contribution >= 4 is 39.5 Å². The van der Waals surface area contributed by atoms with E-state index in [0.29, 0.717) is 25.7 Å². The Morgan fingerprint density at radius 2 is 0.520 bits per heavy atom. The summed E-state index contributed by atoms with van der Waals surface area (Å²) in [5, 5.41) is 10.6. The molecule has 0 saturated carbocycles. The van der Waals surface area contributed by atoms with Gasteiger partial charge >= 0.3 is 39.5 Å². The fourth-order valence-electron chi connectivity index (χ4n) is 9.75. The second-order valence-electron chi connectivity index (χ2n) is 25.2. The van der Waals surface area contributed by atoms with Crippen LogP contribution in [0.25, 0.3) is 0 Å². The molecule has 0 aromatic carbocycles. The number of carbonyl (C=O) groups excluding carboxylic acids is 4. The number of phosphoric acid groups is 2. The third-order valence-electron chi connectivity index (χ3n) is 15.6. The third kappa shape index (κ3) is 71.6. The number of phosphoric ester groups is 2. The van der Waals surface area contributed by atoms with Crippen molar-refractivity contribution < 1.29 is 80.2 Å². The highest BCUT2D eigenvalue weighted by Gasteiger charge is 2.30. The number of hydrogen-bond donors (Lipinski definition) is 3. The molecule has 0 aliphatic carbocycles. The summed E-state index contributed by atoms with van der Waals surface area (Å²) in [4.78, 5) is 72.9.